The van der Waals surface area contributed by atoms with Crippen molar-refractivity contribution in [3.8, 4) is 11.5 Å². The van der Waals surface area contributed by atoms with E-state index in [1.807, 2.05) is 6.07 Å². The molecule has 2 aliphatic rings. The van der Waals surface area contributed by atoms with Gasteiger partial charge in [0.2, 0.25) is 6.79 Å². The number of rotatable bonds is 2. The summed E-state index contributed by atoms with van der Waals surface area (Å²) in [6, 6.07) is 4.21. The van der Waals surface area contributed by atoms with Crippen LogP contribution in [0.5, 0.6) is 11.5 Å². The van der Waals surface area contributed by atoms with Crippen molar-refractivity contribution in [2.75, 3.05) is 33.0 Å². The van der Waals surface area contributed by atoms with Crippen LogP contribution in [0.2, 0.25) is 5.02 Å². The lowest BCUT2D eigenvalue weighted by molar-refractivity contribution is 0.0861. The molecule has 21 heavy (non-hydrogen) atoms. The van der Waals surface area contributed by atoms with Crippen LogP contribution in [0.25, 0.3) is 0 Å². The molecule has 0 bridgehead atoms. The SMILES string of the molecule is CC(C)(C)[C@H](c1cc2c(cc1Cl)OCO2)N1CCNCC1. The van der Waals surface area contributed by atoms with Gasteiger partial charge in [0.1, 0.15) is 0 Å². The van der Waals surface area contributed by atoms with Crippen molar-refractivity contribution >= 4 is 11.6 Å². The second kappa shape index (κ2) is 5.67. The minimum atomic E-state index is 0.0919. The molecule has 2 aliphatic heterocycles. The number of piperazine rings is 1. The van der Waals surface area contributed by atoms with E-state index in [4.69, 9.17) is 21.1 Å². The lowest BCUT2D eigenvalue weighted by Crippen LogP contribution is -2.48. The second-order valence-corrected chi connectivity index (χ2v) is 7.19. The lowest BCUT2D eigenvalue weighted by Gasteiger charge is -2.43. The van der Waals surface area contributed by atoms with Gasteiger partial charge in [0.15, 0.2) is 11.5 Å². The summed E-state index contributed by atoms with van der Waals surface area (Å²) in [5.74, 6) is 1.55. The van der Waals surface area contributed by atoms with Gasteiger partial charge >= 0.3 is 0 Å². The van der Waals surface area contributed by atoms with E-state index in [-0.39, 0.29) is 18.2 Å². The average Bonchev–Trinajstić information content (AvgIpc) is 2.86. The van der Waals surface area contributed by atoms with E-state index >= 15 is 0 Å². The lowest BCUT2D eigenvalue weighted by atomic mass is 9.80. The fourth-order valence-electron chi connectivity index (χ4n) is 3.29. The van der Waals surface area contributed by atoms with Crippen molar-refractivity contribution in [3.05, 3.63) is 22.7 Å². The standard InChI is InChI=1S/C16H23ClN2O2/c1-16(2,3)15(19-6-4-18-5-7-19)11-8-13-14(9-12(11)17)21-10-20-13/h8-9,15,18H,4-7,10H2,1-3H3/t15-/m0/s1. The number of ether oxygens (including phenoxy) is 2. The zero-order valence-electron chi connectivity index (χ0n) is 12.9. The number of fused-ring (bicyclic) bond motifs is 1. The summed E-state index contributed by atoms with van der Waals surface area (Å²) >= 11 is 6.55. The van der Waals surface area contributed by atoms with Gasteiger partial charge in [-0.1, -0.05) is 32.4 Å². The third-order valence-corrected chi connectivity index (χ3v) is 4.45. The quantitative estimate of drug-likeness (QED) is 0.910. The highest BCUT2D eigenvalue weighted by molar-refractivity contribution is 6.31. The van der Waals surface area contributed by atoms with Crippen molar-refractivity contribution in [2.45, 2.75) is 26.8 Å². The zero-order chi connectivity index (χ0) is 15.0. The fourth-order valence-corrected chi connectivity index (χ4v) is 3.55. The van der Waals surface area contributed by atoms with Gasteiger partial charge in [-0.2, -0.15) is 0 Å². The third kappa shape index (κ3) is 2.98. The monoisotopic (exact) mass is 310 g/mol. The minimum absolute atomic E-state index is 0.0919. The molecule has 0 spiro atoms. The number of hydrogen-bond acceptors (Lipinski definition) is 4. The van der Waals surface area contributed by atoms with Gasteiger partial charge in [-0.05, 0) is 17.0 Å². The van der Waals surface area contributed by atoms with E-state index in [1.165, 1.54) is 0 Å². The predicted octanol–water partition coefficient (Wildman–Crippen LogP) is 3.06. The summed E-state index contributed by atoms with van der Waals surface area (Å²) in [6.45, 7) is 11.2. The topological polar surface area (TPSA) is 33.7 Å². The van der Waals surface area contributed by atoms with Crippen LogP contribution < -0.4 is 14.8 Å². The Morgan fingerprint density at radius 3 is 2.38 bits per heavy atom. The Morgan fingerprint density at radius 2 is 1.76 bits per heavy atom. The largest absolute Gasteiger partial charge is 0.454 e. The number of halogens is 1. The highest BCUT2D eigenvalue weighted by atomic mass is 35.5. The number of nitrogens with zero attached hydrogens (tertiary/aromatic N) is 1. The van der Waals surface area contributed by atoms with Crippen LogP contribution in [0.4, 0.5) is 0 Å². The summed E-state index contributed by atoms with van der Waals surface area (Å²) in [5.41, 5.74) is 1.23. The van der Waals surface area contributed by atoms with Crippen molar-refractivity contribution in [1.29, 1.82) is 0 Å². The van der Waals surface area contributed by atoms with Gasteiger partial charge in [-0.25, -0.2) is 0 Å². The highest BCUT2D eigenvalue weighted by Gasteiger charge is 2.35. The molecule has 2 heterocycles. The molecular formula is C16H23ClN2O2. The van der Waals surface area contributed by atoms with Gasteiger partial charge in [0.25, 0.3) is 0 Å². The van der Waals surface area contributed by atoms with Gasteiger partial charge in [0, 0.05) is 43.3 Å². The minimum Gasteiger partial charge on any atom is -0.454 e. The van der Waals surface area contributed by atoms with E-state index in [0.29, 0.717) is 0 Å². The first kappa shape index (κ1) is 14.9. The first-order valence-electron chi connectivity index (χ1n) is 7.50. The van der Waals surface area contributed by atoms with Gasteiger partial charge in [-0.15, -0.1) is 0 Å². The van der Waals surface area contributed by atoms with Crippen molar-refractivity contribution < 1.29 is 9.47 Å². The van der Waals surface area contributed by atoms with Crippen LogP contribution in [-0.2, 0) is 0 Å². The van der Waals surface area contributed by atoms with E-state index in [9.17, 15) is 0 Å². The average molecular weight is 311 g/mol. The Balaban J connectivity index is 2.00. The molecule has 0 radical (unpaired) electrons. The van der Waals surface area contributed by atoms with Gasteiger partial charge in [-0.3, -0.25) is 4.90 Å². The molecule has 0 aliphatic carbocycles. The van der Waals surface area contributed by atoms with Crippen molar-refractivity contribution in [2.24, 2.45) is 5.41 Å². The third-order valence-electron chi connectivity index (χ3n) is 4.12. The summed E-state index contributed by atoms with van der Waals surface area (Å²) in [7, 11) is 0. The number of benzene rings is 1. The second-order valence-electron chi connectivity index (χ2n) is 6.78. The van der Waals surface area contributed by atoms with Crippen molar-refractivity contribution in [3.63, 3.8) is 0 Å². The molecule has 1 fully saturated rings. The normalized spacial score (nSPS) is 20.6. The molecule has 0 aromatic heterocycles. The van der Waals surface area contributed by atoms with Gasteiger partial charge < -0.3 is 14.8 Å². The van der Waals surface area contributed by atoms with E-state index in [0.717, 1.165) is 48.3 Å². The molecule has 1 aromatic rings. The van der Waals surface area contributed by atoms with E-state index in [1.54, 1.807) is 0 Å². The summed E-state index contributed by atoms with van der Waals surface area (Å²) in [4.78, 5) is 2.51. The summed E-state index contributed by atoms with van der Waals surface area (Å²) in [5, 5.41) is 4.17. The maximum absolute atomic E-state index is 6.55. The zero-order valence-corrected chi connectivity index (χ0v) is 13.7. The Bertz CT molecular complexity index is 522. The van der Waals surface area contributed by atoms with Crippen LogP contribution in [0.1, 0.15) is 32.4 Å². The molecule has 1 atom stereocenters. The molecule has 0 amide bonds. The first-order chi connectivity index (χ1) is 9.97. The summed E-state index contributed by atoms with van der Waals surface area (Å²) in [6.07, 6.45) is 0. The first-order valence-corrected chi connectivity index (χ1v) is 7.88. The van der Waals surface area contributed by atoms with Crippen LogP contribution in [0.3, 0.4) is 0 Å². The molecule has 1 aromatic carbocycles. The summed E-state index contributed by atoms with van der Waals surface area (Å²) < 4.78 is 10.9. The van der Waals surface area contributed by atoms with Crippen LogP contribution in [0.15, 0.2) is 12.1 Å². The predicted molar refractivity (Wildman–Crippen MR) is 84.2 cm³/mol. The van der Waals surface area contributed by atoms with E-state index < -0.39 is 0 Å². The molecule has 3 rings (SSSR count). The molecule has 5 heteroatoms. The molecule has 4 nitrogen and oxygen atoms in total. The Hall–Kier alpha value is -0.970. The maximum atomic E-state index is 6.55. The van der Waals surface area contributed by atoms with Crippen molar-refractivity contribution in [1.82, 2.24) is 10.2 Å². The maximum Gasteiger partial charge on any atom is 0.231 e. The fraction of sp³-hybridized carbons (Fsp3) is 0.625. The molecule has 1 saturated heterocycles. The molecule has 0 unspecified atom stereocenters. The van der Waals surface area contributed by atoms with Crippen LogP contribution in [-0.4, -0.2) is 37.9 Å². The van der Waals surface area contributed by atoms with Crippen LogP contribution in [0, 0.1) is 5.41 Å². The number of nitrogens with one attached hydrogen (secondary N) is 1. The van der Waals surface area contributed by atoms with E-state index in [2.05, 4.69) is 37.1 Å². The molecule has 116 valence electrons. The van der Waals surface area contributed by atoms with Crippen LogP contribution >= 0.6 is 11.6 Å². The number of hydrogen-bond donors (Lipinski definition) is 1. The highest BCUT2D eigenvalue weighted by Crippen LogP contribution is 2.45. The molecule has 0 saturated carbocycles. The molecular weight excluding hydrogens is 288 g/mol. The smallest absolute Gasteiger partial charge is 0.231 e. The Kier molecular flexibility index (Phi) is 4.04. The Labute approximate surface area is 131 Å². The Morgan fingerprint density at radius 1 is 1.14 bits per heavy atom. The molecule has 1 N–H and O–H groups in total. The van der Waals surface area contributed by atoms with Gasteiger partial charge in [0.05, 0.1) is 0 Å².